The van der Waals surface area contributed by atoms with E-state index in [1.54, 1.807) is 24.3 Å². The molecule has 1 unspecified atom stereocenters. The van der Waals surface area contributed by atoms with E-state index in [1.807, 2.05) is 24.3 Å². The molecule has 0 radical (unpaired) electrons. The van der Waals surface area contributed by atoms with E-state index < -0.39 is 78.4 Å². The molecule has 5 atom stereocenters. The number of phosphoric acid groups is 2. The average molecular weight is 925 g/mol. The van der Waals surface area contributed by atoms with Gasteiger partial charge in [0.05, 0.1) is 32.0 Å². The quantitative estimate of drug-likeness (QED) is 0.0145. The summed E-state index contributed by atoms with van der Waals surface area (Å²) in [6.45, 7) is 3.72. The van der Waals surface area contributed by atoms with Gasteiger partial charge < -0.3 is 39.5 Å². The summed E-state index contributed by atoms with van der Waals surface area (Å²) in [5.41, 5.74) is 0. The standard InChI is InChI=1S/C45H82O15P2/c1-4-5-22-29-40(46)30-24-19-15-13-16-20-25-31-41(47)32-27-34-44(49)56-37-43(38-59-62(54,55)58-36-42(48)35-57-61(51,52)53)60-45(50)33-26-21-17-12-10-8-6-7-9-11-14-18-23-28-39(2)3/h15-16,19-20,24-25,30-31,39-43,46-48H,4-14,17-18,21-23,26-29,32-38H2,1-3H3,(H,54,55)(H2,51,52,53)/b19-15-,20-16-,30-24+,31-25+/t40-,41-,42-,43+/m0/s1. The number of carbonyl (C=O) groups is 2. The summed E-state index contributed by atoms with van der Waals surface area (Å²) in [7, 11) is -9.75. The molecule has 362 valence electrons. The van der Waals surface area contributed by atoms with Crippen molar-refractivity contribution < 1.29 is 71.8 Å². The van der Waals surface area contributed by atoms with E-state index in [4.69, 9.17) is 23.8 Å². The van der Waals surface area contributed by atoms with Gasteiger partial charge in [-0.25, -0.2) is 9.13 Å². The van der Waals surface area contributed by atoms with E-state index in [1.165, 1.54) is 57.8 Å². The third-order valence-corrected chi connectivity index (χ3v) is 11.0. The van der Waals surface area contributed by atoms with Gasteiger partial charge in [-0.05, 0) is 38.0 Å². The largest absolute Gasteiger partial charge is 0.472 e. The van der Waals surface area contributed by atoms with E-state index in [9.17, 15) is 38.9 Å². The number of esters is 2. The molecule has 15 nitrogen and oxygen atoms in total. The topological polar surface area (TPSA) is 236 Å². The average Bonchev–Trinajstić information content (AvgIpc) is 3.20. The maximum Gasteiger partial charge on any atom is 0.472 e. The molecule has 0 saturated heterocycles. The fraction of sp³-hybridized carbons (Fsp3) is 0.778. The Morgan fingerprint density at radius 2 is 1.02 bits per heavy atom. The summed E-state index contributed by atoms with van der Waals surface area (Å²) in [4.78, 5) is 52.8. The molecule has 0 aromatic heterocycles. The van der Waals surface area contributed by atoms with Gasteiger partial charge in [0.2, 0.25) is 0 Å². The predicted molar refractivity (Wildman–Crippen MR) is 242 cm³/mol. The molecule has 0 heterocycles. The lowest BCUT2D eigenvalue weighted by molar-refractivity contribution is -0.161. The molecule has 0 aromatic rings. The van der Waals surface area contributed by atoms with Crippen LogP contribution in [0.15, 0.2) is 48.6 Å². The van der Waals surface area contributed by atoms with Crippen molar-refractivity contribution in [2.45, 2.75) is 193 Å². The summed E-state index contributed by atoms with van der Waals surface area (Å²) >= 11 is 0. The number of rotatable bonds is 42. The maximum atomic E-state index is 12.7. The number of aliphatic hydroxyl groups is 3. The predicted octanol–water partition coefficient (Wildman–Crippen LogP) is 9.64. The highest BCUT2D eigenvalue weighted by Crippen LogP contribution is 2.43. The molecular formula is C45H82O15P2. The first-order valence-corrected chi connectivity index (χ1v) is 25.9. The third kappa shape index (κ3) is 43.3. The maximum absolute atomic E-state index is 12.7. The molecule has 0 saturated carbocycles. The highest BCUT2D eigenvalue weighted by Gasteiger charge is 2.28. The van der Waals surface area contributed by atoms with Crippen molar-refractivity contribution >= 4 is 27.6 Å². The van der Waals surface area contributed by atoms with Crippen molar-refractivity contribution in [1.82, 2.24) is 0 Å². The molecule has 0 aliphatic carbocycles. The van der Waals surface area contributed by atoms with Crippen molar-refractivity contribution in [2.75, 3.05) is 26.4 Å². The SMILES string of the molecule is CCCCC[C@H](O)/C=C/C=C\C/C=C\C=C\[C@H](O)CCCC(=O)OC[C@H](COP(=O)(O)OC[C@@H](O)COP(=O)(O)O)OC(=O)CCCCCCCCCCCCCCCC(C)C. The van der Waals surface area contributed by atoms with Crippen molar-refractivity contribution in [3.05, 3.63) is 48.6 Å². The smallest absolute Gasteiger partial charge is 0.462 e. The molecule has 17 heteroatoms. The first-order chi connectivity index (χ1) is 29.5. The minimum absolute atomic E-state index is 0.0530. The van der Waals surface area contributed by atoms with Crippen molar-refractivity contribution in [2.24, 2.45) is 5.92 Å². The molecule has 6 N–H and O–H groups in total. The van der Waals surface area contributed by atoms with Crippen molar-refractivity contribution in [1.29, 1.82) is 0 Å². The Labute approximate surface area is 372 Å². The van der Waals surface area contributed by atoms with Gasteiger partial charge in [-0.1, -0.05) is 172 Å². The van der Waals surface area contributed by atoms with E-state index >= 15 is 0 Å². The molecule has 62 heavy (non-hydrogen) atoms. The molecule has 0 aromatic carbocycles. The zero-order chi connectivity index (χ0) is 46.3. The van der Waals surface area contributed by atoms with Gasteiger partial charge in [0.15, 0.2) is 6.10 Å². The van der Waals surface area contributed by atoms with E-state index in [0.29, 0.717) is 19.3 Å². The molecule has 0 aliphatic heterocycles. The Kier molecular flexibility index (Phi) is 38.1. The van der Waals surface area contributed by atoms with E-state index in [2.05, 4.69) is 29.8 Å². The summed E-state index contributed by atoms with van der Waals surface area (Å²) in [6, 6.07) is 0. The molecule has 0 bridgehead atoms. The normalized spacial score (nSPS) is 15.5. The zero-order valence-corrected chi connectivity index (χ0v) is 39.6. The van der Waals surface area contributed by atoms with Gasteiger partial charge in [0, 0.05) is 12.8 Å². The third-order valence-electron chi connectivity index (χ3n) is 9.60. The van der Waals surface area contributed by atoms with Crippen LogP contribution in [0.5, 0.6) is 0 Å². The van der Waals surface area contributed by atoms with Crippen LogP contribution in [-0.2, 0) is 41.8 Å². The lowest BCUT2D eigenvalue weighted by atomic mass is 10.0. The minimum Gasteiger partial charge on any atom is -0.462 e. The number of ether oxygens (including phenoxy) is 2. The Hall–Kier alpha value is -2.00. The van der Waals surface area contributed by atoms with Crippen molar-refractivity contribution in [3.63, 3.8) is 0 Å². The summed E-state index contributed by atoms with van der Waals surface area (Å²) in [5.74, 6) is -0.469. The number of hydrogen-bond donors (Lipinski definition) is 6. The van der Waals surface area contributed by atoms with Crippen LogP contribution in [0.4, 0.5) is 0 Å². The number of allylic oxidation sites excluding steroid dienone is 6. The molecule has 0 amide bonds. The van der Waals surface area contributed by atoms with Crippen LogP contribution >= 0.6 is 15.6 Å². The number of hydrogen-bond acceptors (Lipinski definition) is 12. The second-order valence-electron chi connectivity index (χ2n) is 16.2. The highest BCUT2D eigenvalue weighted by atomic mass is 31.2. The van der Waals surface area contributed by atoms with Crippen LogP contribution < -0.4 is 0 Å². The number of aliphatic hydroxyl groups excluding tert-OH is 3. The molecule has 0 aliphatic rings. The first-order valence-electron chi connectivity index (χ1n) is 22.9. The van der Waals surface area contributed by atoms with Crippen LogP contribution in [0.3, 0.4) is 0 Å². The van der Waals surface area contributed by atoms with E-state index in [-0.39, 0.29) is 19.3 Å². The second-order valence-corrected chi connectivity index (χ2v) is 18.9. The molecular weight excluding hydrogens is 842 g/mol. The molecule has 0 fully saturated rings. The second kappa shape index (κ2) is 39.4. The van der Waals surface area contributed by atoms with Gasteiger partial charge in [0.25, 0.3) is 0 Å². The van der Waals surface area contributed by atoms with Gasteiger partial charge >= 0.3 is 27.6 Å². The van der Waals surface area contributed by atoms with Gasteiger partial charge in [0.1, 0.15) is 12.7 Å². The minimum atomic E-state index is -4.89. The highest BCUT2D eigenvalue weighted by molar-refractivity contribution is 7.47. The Morgan fingerprint density at radius 1 is 0.548 bits per heavy atom. The number of carbonyl (C=O) groups excluding carboxylic acids is 2. The van der Waals surface area contributed by atoms with Crippen LogP contribution in [0, 0.1) is 5.92 Å². The first kappa shape index (κ1) is 60.0. The van der Waals surface area contributed by atoms with Gasteiger partial charge in [-0.2, -0.15) is 0 Å². The van der Waals surface area contributed by atoms with Crippen LogP contribution in [0.2, 0.25) is 0 Å². The van der Waals surface area contributed by atoms with Crippen LogP contribution in [0.25, 0.3) is 0 Å². The van der Waals surface area contributed by atoms with E-state index in [0.717, 1.165) is 57.3 Å². The molecule has 0 rings (SSSR count). The fourth-order valence-electron chi connectivity index (χ4n) is 6.04. The number of phosphoric ester groups is 2. The van der Waals surface area contributed by atoms with Gasteiger partial charge in [-0.3, -0.25) is 23.2 Å². The zero-order valence-electron chi connectivity index (χ0n) is 37.8. The van der Waals surface area contributed by atoms with Crippen LogP contribution in [0.1, 0.15) is 168 Å². The van der Waals surface area contributed by atoms with Crippen molar-refractivity contribution in [3.8, 4) is 0 Å². The Morgan fingerprint density at radius 3 is 1.55 bits per heavy atom. The molecule has 0 spiro atoms. The summed E-state index contributed by atoms with van der Waals surface area (Å²) in [5, 5.41) is 29.9. The lowest BCUT2D eigenvalue weighted by Crippen LogP contribution is -2.30. The Balaban J connectivity index is 4.70. The number of unbranched alkanes of at least 4 members (excludes halogenated alkanes) is 14. The Bertz CT molecular complexity index is 1330. The van der Waals surface area contributed by atoms with Crippen LogP contribution in [-0.4, -0.2) is 92.8 Å². The lowest BCUT2D eigenvalue weighted by Gasteiger charge is -2.20. The van der Waals surface area contributed by atoms with Gasteiger partial charge in [-0.15, -0.1) is 0 Å². The summed E-state index contributed by atoms with van der Waals surface area (Å²) in [6.07, 6.45) is 31.8. The monoisotopic (exact) mass is 925 g/mol. The fourth-order valence-corrected chi connectivity index (χ4v) is 7.20. The summed E-state index contributed by atoms with van der Waals surface area (Å²) < 4.78 is 47.7.